The minimum Gasteiger partial charge on any atom is -0.492 e. The number of unbranched alkanes of at least 4 members (excludes halogenated alkanes) is 1. The number of aliphatic carboxylic acids is 1. The summed E-state index contributed by atoms with van der Waals surface area (Å²) in [4.78, 5) is 14.4. The van der Waals surface area contributed by atoms with Crippen LogP contribution in [0.5, 0.6) is 11.5 Å². The van der Waals surface area contributed by atoms with Crippen molar-refractivity contribution in [1.82, 2.24) is 9.21 Å². The molecule has 248 valence electrons. The van der Waals surface area contributed by atoms with E-state index in [2.05, 4.69) is 49.9 Å². The first-order valence-corrected chi connectivity index (χ1v) is 18.0. The van der Waals surface area contributed by atoms with Gasteiger partial charge in [-0.15, -0.1) is 0 Å². The van der Waals surface area contributed by atoms with Gasteiger partial charge in [0.25, 0.3) is 0 Å². The van der Waals surface area contributed by atoms with E-state index in [0.29, 0.717) is 36.3 Å². The van der Waals surface area contributed by atoms with Crippen LogP contribution in [0.15, 0.2) is 78.9 Å². The Balaban J connectivity index is 1.14. The molecule has 3 aromatic rings. The molecule has 2 aliphatic rings. The van der Waals surface area contributed by atoms with E-state index in [4.69, 9.17) is 9.47 Å². The van der Waals surface area contributed by atoms with Crippen LogP contribution in [-0.2, 0) is 33.2 Å². The summed E-state index contributed by atoms with van der Waals surface area (Å²) in [7, 11) is -3.39. The molecule has 4 atom stereocenters. The highest BCUT2D eigenvalue weighted by Crippen LogP contribution is 2.50. The first-order valence-electron chi connectivity index (χ1n) is 16.4. The van der Waals surface area contributed by atoms with E-state index >= 15 is 0 Å². The number of nitrogens with zero attached hydrogens (tertiary/aromatic N) is 2. The molecule has 9 heteroatoms. The molecular weight excluding hydrogens is 600 g/mol. The topological polar surface area (TPSA) is 96.4 Å². The van der Waals surface area contributed by atoms with Crippen LogP contribution in [0, 0.1) is 11.8 Å². The van der Waals surface area contributed by atoms with E-state index in [1.807, 2.05) is 49.4 Å². The van der Waals surface area contributed by atoms with Crippen molar-refractivity contribution in [2.45, 2.75) is 71.1 Å². The van der Waals surface area contributed by atoms with Crippen LogP contribution in [0.25, 0.3) is 0 Å². The summed E-state index contributed by atoms with van der Waals surface area (Å²) < 4.78 is 40.4. The molecule has 5 rings (SSSR count). The van der Waals surface area contributed by atoms with Crippen molar-refractivity contribution in [3.05, 3.63) is 95.6 Å². The molecule has 0 spiro atoms. The Morgan fingerprint density at radius 2 is 1.57 bits per heavy atom. The summed E-state index contributed by atoms with van der Waals surface area (Å²) in [5, 5.41) is 9.81. The number of fused-ring (bicyclic) bond motifs is 1. The molecule has 3 aromatic carbocycles. The number of carboxylic acid groups (broad SMARTS) is 1. The number of carboxylic acids is 1. The molecule has 0 radical (unpaired) electrons. The van der Waals surface area contributed by atoms with Crippen LogP contribution >= 0.6 is 0 Å². The van der Waals surface area contributed by atoms with Crippen molar-refractivity contribution < 1.29 is 27.8 Å². The Hall–Kier alpha value is -3.40. The summed E-state index contributed by atoms with van der Waals surface area (Å²) in [6.07, 6.45) is 0.643. The fourth-order valence-corrected chi connectivity index (χ4v) is 8.39. The summed E-state index contributed by atoms with van der Waals surface area (Å²) in [5.74, 6) is 0.987. The highest BCUT2D eigenvalue weighted by Gasteiger charge is 2.60. The van der Waals surface area contributed by atoms with Crippen LogP contribution in [0.1, 0.15) is 57.2 Å². The zero-order valence-corrected chi connectivity index (χ0v) is 28.3. The molecule has 8 nitrogen and oxygen atoms in total. The van der Waals surface area contributed by atoms with Crippen molar-refractivity contribution in [2.75, 3.05) is 32.0 Å². The number of sulfonamides is 1. The second-order valence-electron chi connectivity index (χ2n) is 13.7. The van der Waals surface area contributed by atoms with E-state index in [1.165, 1.54) is 5.56 Å². The lowest BCUT2D eigenvalue weighted by Crippen LogP contribution is -2.42. The maximum atomic E-state index is 13.4. The zero-order chi connectivity index (χ0) is 32.9. The first-order chi connectivity index (χ1) is 21.9. The summed E-state index contributed by atoms with van der Waals surface area (Å²) in [5.41, 5.74) is 3.23. The second-order valence-corrected chi connectivity index (χ2v) is 15.7. The predicted molar refractivity (Wildman–Crippen MR) is 181 cm³/mol. The SMILES string of the molecule is CCCCS(=O)(=O)N(CCOc1ccc(C[C@H](Oc2ccc(C(C)(C)C)cc2)C(=O)O)cc1)C1[C@H]2CN(Cc3ccccc3)C[C@@H]12. The smallest absolute Gasteiger partial charge is 0.345 e. The van der Waals surface area contributed by atoms with Crippen molar-refractivity contribution in [3.63, 3.8) is 0 Å². The lowest BCUT2D eigenvalue weighted by Gasteiger charge is -2.27. The fraction of sp³-hybridized carbons (Fsp3) is 0.486. The van der Waals surface area contributed by atoms with Crippen LogP contribution in [-0.4, -0.2) is 72.8 Å². The van der Waals surface area contributed by atoms with E-state index in [0.717, 1.165) is 37.2 Å². The molecule has 2 fully saturated rings. The molecule has 0 amide bonds. The molecule has 1 N–H and O–H groups in total. The molecule has 1 aliphatic carbocycles. The Morgan fingerprint density at radius 3 is 2.15 bits per heavy atom. The normalized spacial score (nSPS) is 20.3. The first kappa shape index (κ1) is 33.9. The van der Waals surface area contributed by atoms with Crippen molar-refractivity contribution in [1.29, 1.82) is 0 Å². The van der Waals surface area contributed by atoms with E-state index < -0.39 is 22.1 Å². The number of ether oxygens (including phenoxy) is 2. The van der Waals surface area contributed by atoms with Gasteiger partial charge in [0.15, 0.2) is 6.10 Å². The molecule has 0 bridgehead atoms. The predicted octanol–water partition coefficient (Wildman–Crippen LogP) is 6.00. The highest BCUT2D eigenvalue weighted by atomic mass is 32.2. The number of hydrogen-bond acceptors (Lipinski definition) is 6. The molecule has 1 saturated carbocycles. The average Bonchev–Trinajstić information content (AvgIpc) is 3.50. The minimum absolute atomic E-state index is 0.00232. The van der Waals surface area contributed by atoms with Gasteiger partial charge in [-0.05, 0) is 64.6 Å². The maximum absolute atomic E-state index is 13.4. The Kier molecular flexibility index (Phi) is 10.8. The summed E-state index contributed by atoms with van der Waals surface area (Å²) >= 11 is 0. The number of likely N-dealkylation sites (tertiary alicyclic amines) is 1. The third-order valence-electron chi connectivity index (χ3n) is 9.12. The highest BCUT2D eigenvalue weighted by molar-refractivity contribution is 7.89. The van der Waals surface area contributed by atoms with Crippen molar-refractivity contribution >= 4 is 16.0 Å². The van der Waals surface area contributed by atoms with Gasteiger partial charge in [0.2, 0.25) is 10.0 Å². The zero-order valence-electron chi connectivity index (χ0n) is 27.5. The second kappa shape index (κ2) is 14.6. The third kappa shape index (κ3) is 8.69. The lowest BCUT2D eigenvalue weighted by molar-refractivity contribution is -0.145. The van der Waals surface area contributed by atoms with Gasteiger partial charge in [-0.3, -0.25) is 4.90 Å². The van der Waals surface area contributed by atoms with Gasteiger partial charge >= 0.3 is 5.97 Å². The van der Waals surface area contributed by atoms with Gasteiger partial charge in [-0.25, -0.2) is 13.2 Å². The fourth-order valence-electron chi connectivity index (χ4n) is 6.46. The van der Waals surface area contributed by atoms with Crippen molar-refractivity contribution in [2.24, 2.45) is 11.8 Å². The van der Waals surface area contributed by atoms with Gasteiger partial charge in [-0.1, -0.05) is 88.7 Å². The largest absolute Gasteiger partial charge is 0.492 e. The standard InChI is InChI=1S/C37H48N2O6S/c1-5-6-22-46(42,43)39(35-32-25-38(26-33(32)35)24-28-10-8-7-9-11-28)20-21-44-30-16-12-27(13-17-30)23-34(36(40)41)45-31-18-14-29(15-19-31)37(2,3)4/h7-19,32-35H,5-6,20-26H2,1-4H3,(H,40,41)/t32-,33+,34-,35?/m0/s1. The van der Waals surface area contributed by atoms with Crippen LogP contribution < -0.4 is 9.47 Å². The van der Waals surface area contributed by atoms with Crippen LogP contribution in [0.3, 0.4) is 0 Å². The lowest BCUT2D eigenvalue weighted by atomic mass is 9.87. The number of benzene rings is 3. The van der Waals surface area contributed by atoms with Gasteiger partial charge < -0.3 is 14.6 Å². The van der Waals surface area contributed by atoms with Crippen molar-refractivity contribution in [3.8, 4) is 11.5 Å². The molecule has 1 heterocycles. The van der Waals surface area contributed by atoms with E-state index in [-0.39, 0.29) is 30.2 Å². The van der Waals surface area contributed by atoms with Gasteiger partial charge in [0, 0.05) is 38.6 Å². The summed E-state index contributed by atoms with van der Waals surface area (Å²) in [6.45, 7) is 11.7. The van der Waals surface area contributed by atoms with Crippen LogP contribution in [0.4, 0.5) is 0 Å². The quantitative estimate of drug-likeness (QED) is 0.204. The third-order valence-corrected chi connectivity index (χ3v) is 11.1. The van der Waals surface area contributed by atoms with Crippen LogP contribution in [0.2, 0.25) is 0 Å². The molecule has 0 aromatic heterocycles. The number of piperidine rings is 1. The van der Waals surface area contributed by atoms with E-state index in [1.54, 1.807) is 16.4 Å². The monoisotopic (exact) mass is 648 g/mol. The van der Waals surface area contributed by atoms with E-state index in [9.17, 15) is 18.3 Å². The maximum Gasteiger partial charge on any atom is 0.345 e. The number of rotatable bonds is 16. The number of carbonyl (C=O) groups is 1. The molecule has 1 saturated heterocycles. The molecule has 1 aliphatic heterocycles. The number of hydrogen-bond donors (Lipinski definition) is 1. The molecule has 1 unspecified atom stereocenters. The van der Waals surface area contributed by atoms with Gasteiger partial charge in [-0.2, -0.15) is 4.31 Å². The summed E-state index contributed by atoms with van der Waals surface area (Å²) in [6, 6.07) is 25.3. The Morgan fingerprint density at radius 1 is 0.935 bits per heavy atom. The van der Waals surface area contributed by atoms with Gasteiger partial charge in [0.05, 0.1) is 5.75 Å². The average molecular weight is 649 g/mol. The molecule has 46 heavy (non-hydrogen) atoms. The minimum atomic E-state index is -3.39. The Bertz CT molecular complexity index is 1530. The Labute approximate surface area is 274 Å². The van der Waals surface area contributed by atoms with Gasteiger partial charge in [0.1, 0.15) is 18.1 Å². The molecular formula is C37H48N2O6S.